The number of hydrogen-bond donors (Lipinski definition) is 3. The summed E-state index contributed by atoms with van der Waals surface area (Å²) in [5, 5.41) is 5.59. The van der Waals surface area contributed by atoms with Crippen molar-refractivity contribution in [3.63, 3.8) is 0 Å². The van der Waals surface area contributed by atoms with E-state index in [9.17, 15) is 14.4 Å². The third-order valence-electron chi connectivity index (χ3n) is 7.73. The Labute approximate surface area is 280 Å². The van der Waals surface area contributed by atoms with Crippen LogP contribution in [0.25, 0.3) is 23.3 Å². The largest absolute Gasteiger partial charge is 0.497 e. The molecule has 0 heterocycles. The molecule has 0 aliphatic carbocycles. The molecule has 0 atom stereocenters. The maximum Gasteiger partial charge on any atom is 0.251 e. The third kappa shape index (κ3) is 8.84. The summed E-state index contributed by atoms with van der Waals surface area (Å²) in [4.78, 5) is 40.8. The Morgan fingerprint density at radius 1 is 0.708 bits per heavy atom. The van der Waals surface area contributed by atoms with E-state index in [1.807, 2.05) is 109 Å². The number of nitrogens with one attached hydrogen (secondary N) is 2. The number of carbonyl (C=O) groups is 3. The van der Waals surface area contributed by atoms with Crippen LogP contribution in [-0.4, -0.2) is 44.5 Å². The molecule has 0 aliphatic heterocycles. The molecule has 5 aromatic rings. The van der Waals surface area contributed by atoms with Crippen molar-refractivity contribution in [3.05, 3.63) is 155 Å². The summed E-state index contributed by atoms with van der Waals surface area (Å²) < 4.78 is 5.24. The topological polar surface area (TPSA) is 114 Å². The number of nitrogens with zero attached hydrogens (tertiary/aromatic N) is 1. The van der Waals surface area contributed by atoms with E-state index >= 15 is 0 Å². The zero-order valence-electron chi connectivity index (χ0n) is 26.8. The molecule has 3 amide bonds. The van der Waals surface area contributed by atoms with Gasteiger partial charge in [0.05, 0.1) is 20.2 Å². The van der Waals surface area contributed by atoms with Crippen LogP contribution >= 0.6 is 0 Å². The second kappa shape index (κ2) is 16.5. The number of anilines is 1. The molecule has 5 rings (SSSR count). The van der Waals surface area contributed by atoms with E-state index in [1.165, 1.54) is 0 Å². The molecule has 8 heteroatoms. The summed E-state index contributed by atoms with van der Waals surface area (Å²) in [7, 11) is 1.64. The average Bonchev–Trinajstić information content (AvgIpc) is 3.15. The van der Waals surface area contributed by atoms with Crippen LogP contribution in [0.4, 0.5) is 5.69 Å². The minimum Gasteiger partial charge on any atom is -0.497 e. The minimum absolute atomic E-state index is 0.170. The summed E-state index contributed by atoms with van der Waals surface area (Å²) in [6, 6.07) is 39.5. The lowest BCUT2D eigenvalue weighted by molar-refractivity contribution is -0.117. The Bertz CT molecular complexity index is 1850. The van der Waals surface area contributed by atoms with E-state index in [0.717, 1.165) is 33.6 Å². The van der Waals surface area contributed by atoms with E-state index in [1.54, 1.807) is 42.3 Å². The molecule has 0 saturated carbocycles. The molecular weight excluding hydrogens is 600 g/mol. The van der Waals surface area contributed by atoms with Crippen molar-refractivity contribution in [3.8, 4) is 16.9 Å². The van der Waals surface area contributed by atoms with Gasteiger partial charge in [-0.15, -0.1) is 0 Å². The maximum absolute atomic E-state index is 13.7. The molecular formula is C40H38N4O4. The number of carbonyl (C=O) groups excluding carboxylic acids is 3. The number of benzene rings is 5. The second-order valence-corrected chi connectivity index (χ2v) is 11.0. The van der Waals surface area contributed by atoms with Gasteiger partial charge in [0, 0.05) is 29.9 Å². The van der Waals surface area contributed by atoms with Gasteiger partial charge in [0.1, 0.15) is 5.75 Å². The fraction of sp³-hybridized carbons (Fsp3) is 0.125. The average molecular weight is 639 g/mol. The highest BCUT2D eigenvalue weighted by atomic mass is 16.5. The number of ether oxygens (including phenoxy) is 1. The van der Waals surface area contributed by atoms with Crippen molar-refractivity contribution in [1.82, 2.24) is 10.6 Å². The highest BCUT2D eigenvalue weighted by Gasteiger charge is 2.18. The van der Waals surface area contributed by atoms with Crippen LogP contribution in [0.1, 0.15) is 37.4 Å². The van der Waals surface area contributed by atoms with Crippen LogP contribution in [0.15, 0.2) is 127 Å². The molecule has 0 aliphatic rings. The fourth-order valence-corrected chi connectivity index (χ4v) is 5.13. The predicted octanol–water partition coefficient (Wildman–Crippen LogP) is 6.18. The number of hydrogen-bond acceptors (Lipinski definition) is 5. The second-order valence-electron chi connectivity index (χ2n) is 11.0. The minimum atomic E-state index is -0.318. The lowest BCUT2D eigenvalue weighted by Gasteiger charge is -2.24. The van der Waals surface area contributed by atoms with Gasteiger partial charge in [-0.05, 0) is 70.3 Å². The smallest absolute Gasteiger partial charge is 0.251 e. The Morgan fingerprint density at radius 2 is 1.33 bits per heavy atom. The van der Waals surface area contributed by atoms with Crippen molar-refractivity contribution in [2.24, 2.45) is 5.73 Å². The molecule has 0 radical (unpaired) electrons. The summed E-state index contributed by atoms with van der Waals surface area (Å²) in [5.41, 5.74) is 11.9. The standard InChI is InChI=1S/C40H38N4O4/c1-48-35-23-17-30(18-24-35)12-11-29-15-21-34(22-16-29)44(38(45)27-43-39(46)33-7-3-2-4-8-33)28-31-13-19-32(20-14-31)36-9-5-6-10-37(36)40(47)42-26-25-41/h2-24H,25-28,41H2,1H3,(H,42,47)(H,43,46). The summed E-state index contributed by atoms with van der Waals surface area (Å²) in [6.45, 7) is 0.856. The third-order valence-corrected chi connectivity index (χ3v) is 7.73. The van der Waals surface area contributed by atoms with Gasteiger partial charge in [-0.1, -0.05) is 97.1 Å². The van der Waals surface area contributed by atoms with E-state index in [4.69, 9.17) is 10.5 Å². The first-order valence-electron chi connectivity index (χ1n) is 15.7. The monoisotopic (exact) mass is 638 g/mol. The Balaban J connectivity index is 1.35. The SMILES string of the molecule is COc1ccc(C=Cc2ccc(N(Cc3ccc(-c4ccccc4C(=O)NCCN)cc3)C(=O)CNC(=O)c3ccccc3)cc2)cc1. The highest BCUT2D eigenvalue weighted by Crippen LogP contribution is 2.26. The van der Waals surface area contributed by atoms with Gasteiger partial charge in [-0.2, -0.15) is 0 Å². The first-order valence-corrected chi connectivity index (χ1v) is 15.7. The van der Waals surface area contributed by atoms with Gasteiger partial charge in [0.2, 0.25) is 5.91 Å². The lowest BCUT2D eigenvalue weighted by Crippen LogP contribution is -2.40. The molecule has 0 bridgehead atoms. The zero-order chi connectivity index (χ0) is 33.7. The summed E-state index contributed by atoms with van der Waals surface area (Å²) >= 11 is 0. The van der Waals surface area contributed by atoms with Gasteiger partial charge >= 0.3 is 0 Å². The van der Waals surface area contributed by atoms with Crippen molar-refractivity contribution in [2.45, 2.75) is 6.54 Å². The highest BCUT2D eigenvalue weighted by molar-refractivity contribution is 6.01. The van der Waals surface area contributed by atoms with E-state index in [-0.39, 0.29) is 30.8 Å². The zero-order valence-corrected chi connectivity index (χ0v) is 26.8. The molecule has 0 unspecified atom stereocenters. The first-order chi connectivity index (χ1) is 23.4. The van der Waals surface area contributed by atoms with E-state index in [0.29, 0.717) is 29.9 Å². The molecule has 4 N–H and O–H groups in total. The number of amides is 3. The van der Waals surface area contributed by atoms with E-state index in [2.05, 4.69) is 10.6 Å². The van der Waals surface area contributed by atoms with Crippen LogP contribution in [0.2, 0.25) is 0 Å². The van der Waals surface area contributed by atoms with Gasteiger partial charge < -0.3 is 26.0 Å². The first kappa shape index (κ1) is 33.4. The van der Waals surface area contributed by atoms with Crippen LogP contribution in [0, 0.1) is 0 Å². The van der Waals surface area contributed by atoms with Crippen LogP contribution in [-0.2, 0) is 11.3 Å². The van der Waals surface area contributed by atoms with Crippen LogP contribution in [0.3, 0.4) is 0 Å². The molecule has 8 nitrogen and oxygen atoms in total. The van der Waals surface area contributed by atoms with Crippen molar-refractivity contribution >= 4 is 35.6 Å². The molecule has 242 valence electrons. The quantitative estimate of drug-likeness (QED) is 0.133. The predicted molar refractivity (Wildman–Crippen MR) is 192 cm³/mol. The molecule has 0 spiro atoms. The number of nitrogens with two attached hydrogens (primary N) is 1. The Morgan fingerprint density at radius 3 is 1.98 bits per heavy atom. The summed E-state index contributed by atoms with van der Waals surface area (Å²) in [5.74, 6) is 0.0383. The number of methoxy groups -OCH3 is 1. The number of rotatable bonds is 13. The Kier molecular flexibility index (Phi) is 11.5. The Hall–Kier alpha value is -5.99. The van der Waals surface area contributed by atoms with Gasteiger partial charge in [-0.25, -0.2) is 0 Å². The molecule has 0 aromatic heterocycles. The molecule has 48 heavy (non-hydrogen) atoms. The lowest BCUT2D eigenvalue weighted by atomic mass is 9.98. The van der Waals surface area contributed by atoms with Crippen LogP contribution < -0.4 is 26.0 Å². The van der Waals surface area contributed by atoms with Crippen molar-refractivity contribution in [1.29, 1.82) is 0 Å². The molecule has 5 aromatic carbocycles. The van der Waals surface area contributed by atoms with E-state index < -0.39 is 0 Å². The normalized spacial score (nSPS) is 10.8. The van der Waals surface area contributed by atoms with Gasteiger partial charge in [0.25, 0.3) is 11.8 Å². The molecule has 0 fully saturated rings. The fourth-order valence-electron chi connectivity index (χ4n) is 5.13. The van der Waals surface area contributed by atoms with Gasteiger partial charge in [0.15, 0.2) is 0 Å². The maximum atomic E-state index is 13.7. The van der Waals surface area contributed by atoms with Gasteiger partial charge in [-0.3, -0.25) is 14.4 Å². The molecule has 0 saturated heterocycles. The summed E-state index contributed by atoms with van der Waals surface area (Å²) in [6.07, 6.45) is 4.02. The van der Waals surface area contributed by atoms with Crippen molar-refractivity contribution < 1.29 is 19.1 Å². The van der Waals surface area contributed by atoms with Crippen molar-refractivity contribution in [2.75, 3.05) is 31.6 Å². The van der Waals surface area contributed by atoms with Crippen LogP contribution in [0.5, 0.6) is 5.75 Å².